The van der Waals surface area contributed by atoms with Crippen LogP contribution in [0, 0.1) is 0 Å². The fraction of sp³-hybridized carbons (Fsp3) is 0.909. The highest BCUT2D eigenvalue weighted by atomic mass is 16.5. The fourth-order valence-electron chi connectivity index (χ4n) is 2.03. The van der Waals surface area contributed by atoms with E-state index in [0.29, 0.717) is 13.2 Å². The van der Waals surface area contributed by atoms with Gasteiger partial charge in [-0.1, -0.05) is 0 Å². The van der Waals surface area contributed by atoms with Gasteiger partial charge in [-0.3, -0.25) is 10.3 Å². The number of hydrogen-bond donors (Lipinski definition) is 3. The number of ether oxygens (including phenoxy) is 1. The number of aliphatic hydroxyl groups is 1. The lowest BCUT2D eigenvalue weighted by molar-refractivity contribution is 0.201. The van der Waals surface area contributed by atoms with Gasteiger partial charge in [-0.05, 0) is 13.0 Å². The number of guanidine groups is 1. The normalized spacial score (nSPS) is 18.8. The van der Waals surface area contributed by atoms with Crippen molar-refractivity contribution in [1.29, 1.82) is 0 Å². The SMILES string of the molecule is COCCN=C(NN)N1CCCN(CCO)CC1. The second-order valence-electron chi connectivity index (χ2n) is 4.25. The van der Waals surface area contributed by atoms with Crippen molar-refractivity contribution in [3.05, 3.63) is 0 Å². The molecule has 0 bridgehead atoms. The van der Waals surface area contributed by atoms with Crippen LogP contribution >= 0.6 is 0 Å². The van der Waals surface area contributed by atoms with Crippen LogP contribution in [0.15, 0.2) is 4.99 Å². The molecule has 0 spiro atoms. The van der Waals surface area contributed by atoms with Gasteiger partial charge >= 0.3 is 0 Å². The molecule has 1 fully saturated rings. The molecular weight excluding hydrogens is 234 g/mol. The minimum absolute atomic E-state index is 0.212. The number of aliphatic imine (C=N–C) groups is 1. The molecule has 7 heteroatoms. The summed E-state index contributed by atoms with van der Waals surface area (Å²) in [5, 5.41) is 8.95. The molecule has 1 rings (SSSR count). The maximum atomic E-state index is 8.95. The van der Waals surface area contributed by atoms with E-state index in [2.05, 4.69) is 20.2 Å². The average molecular weight is 259 g/mol. The van der Waals surface area contributed by atoms with Crippen molar-refractivity contribution in [3.8, 4) is 0 Å². The van der Waals surface area contributed by atoms with Crippen molar-refractivity contribution in [3.63, 3.8) is 0 Å². The van der Waals surface area contributed by atoms with E-state index in [0.717, 1.165) is 45.1 Å². The number of methoxy groups -OCH3 is 1. The van der Waals surface area contributed by atoms with Crippen LogP contribution in [0.25, 0.3) is 0 Å². The molecule has 1 saturated heterocycles. The Hall–Kier alpha value is -0.890. The van der Waals surface area contributed by atoms with E-state index in [1.54, 1.807) is 7.11 Å². The molecule has 0 unspecified atom stereocenters. The van der Waals surface area contributed by atoms with Crippen LogP contribution in [-0.4, -0.2) is 80.5 Å². The predicted octanol–water partition coefficient (Wildman–Crippen LogP) is -1.55. The predicted molar refractivity (Wildman–Crippen MR) is 71.2 cm³/mol. The van der Waals surface area contributed by atoms with Crippen molar-refractivity contribution < 1.29 is 9.84 Å². The highest BCUT2D eigenvalue weighted by Crippen LogP contribution is 2.03. The third-order valence-electron chi connectivity index (χ3n) is 2.99. The minimum Gasteiger partial charge on any atom is -0.395 e. The lowest BCUT2D eigenvalue weighted by Crippen LogP contribution is -2.46. The Balaban J connectivity index is 2.46. The van der Waals surface area contributed by atoms with Gasteiger partial charge in [0.25, 0.3) is 0 Å². The smallest absolute Gasteiger partial charge is 0.208 e. The van der Waals surface area contributed by atoms with E-state index in [-0.39, 0.29) is 6.61 Å². The summed E-state index contributed by atoms with van der Waals surface area (Å²) in [6, 6.07) is 0. The summed E-state index contributed by atoms with van der Waals surface area (Å²) >= 11 is 0. The third kappa shape index (κ3) is 5.18. The number of aliphatic hydroxyl groups excluding tert-OH is 1. The molecule has 0 aromatic carbocycles. The number of nitrogens with zero attached hydrogens (tertiary/aromatic N) is 3. The molecule has 0 radical (unpaired) electrons. The van der Waals surface area contributed by atoms with Gasteiger partial charge < -0.3 is 14.7 Å². The molecule has 18 heavy (non-hydrogen) atoms. The molecule has 0 aromatic heterocycles. The number of rotatable bonds is 5. The first-order chi connectivity index (χ1) is 8.81. The second-order valence-corrected chi connectivity index (χ2v) is 4.25. The maximum absolute atomic E-state index is 8.95. The zero-order valence-corrected chi connectivity index (χ0v) is 11.1. The number of β-amino-alcohol motifs (C(OH)–C–C–N with tert-alkyl or cyclic N) is 1. The van der Waals surface area contributed by atoms with Gasteiger partial charge in [0.05, 0.1) is 19.8 Å². The van der Waals surface area contributed by atoms with Crippen LogP contribution in [0.4, 0.5) is 0 Å². The summed E-state index contributed by atoms with van der Waals surface area (Å²) in [6.45, 7) is 5.87. The van der Waals surface area contributed by atoms with Crippen LogP contribution < -0.4 is 11.3 Å². The zero-order valence-electron chi connectivity index (χ0n) is 11.1. The number of hydrazine groups is 1. The van der Waals surface area contributed by atoms with Gasteiger partial charge in [-0.15, -0.1) is 0 Å². The first-order valence-electron chi connectivity index (χ1n) is 6.40. The Morgan fingerprint density at radius 3 is 2.89 bits per heavy atom. The number of hydrogen-bond acceptors (Lipinski definition) is 5. The molecule has 0 saturated carbocycles. The van der Waals surface area contributed by atoms with E-state index in [1.807, 2.05) is 0 Å². The van der Waals surface area contributed by atoms with Gasteiger partial charge in [0, 0.05) is 33.3 Å². The van der Waals surface area contributed by atoms with Crippen molar-refractivity contribution in [2.75, 3.05) is 59.6 Å². The minimum atomic E-state index is 0.212. The van der Waals surface area contributed by atoms with Crippen LogP contribution in [-0.2, 0) is 4.74 Å². The topological polar surface area (TPSA) is 86.4 Å². The molecule has 0 amide bonds. The molecule has 0 atom stereocenters. The summed E-state index contributed by atoms with van der Waals surface area (Å²) in [4.78, 5) is 8.78. The summed E-state index contributed by atoms with van der Waals surface area (Å²) in [6.07, 6.45) is 1.05. The van der Waals surface area contributed by atoms with Crippen molar-refractivity contribution in [1.82, 2.24) is 15.2 Å². The van der Waals surface area contributed by atoms with Crippen molar-refractivity contribution in [2.45, 2.75) is 6.42 Å². The average Bonchev–Trinajstić information content (AvgIpc) is 2.61. The highest BCUT2D eigenvalue weighted by Gasteiger charge is 2.16. The van der Waals surface area contributed by atoms with E-state index in [1.165, 1.54) is 0 Å². The summed E-state index contributed by atoms with van der Waals surface area (Å²) in [5.74, 6) is 6.23. The second kappa shape index (κ2) is 9.09. The Kier molecular flexibility index (Phi) is 7.66. The summed E-state index contributed by atoms with van der Waals surface area (Å²) in [5.41, 5.74) is 2.66. The number of nitrogens with two attached hydrogens (primary N) is 1. The quantitative estimate of drug-likeness (QED) is 0.182. The van der Waals surface area contributed by atoms with Gasteiger partial charge in [-0.25, -0.2) is 10.8 Å². The van der Waals surface area contributed by atoms with E-state index < -0.39 is 0 Å². The zero-order chi connectivity index (χ0) is 13.2. The summed E-state index contributed by atoms with van der Waals surface area (Å²) < 4.78 is 4.97. The molecule has 1 heterocycles. The van der Waals surface area contributed by atoms with Crippen molar-refractivity contribution in [2.24, 2.45) is 10.8 Å². The lowest BCUT2D eigenvalue weighted by Gasteiger charge is -2.24. The molecule has 106 valence electrons. The standard InChI is InChI=1S/C11H25N5O2/c1-18-10-3-13-11(14-12)16-5-2-4-15(6-7-16)8-9-17/h17H,2-10,12H2,1H3,(H,13,14). The fourth-order valence-corrected chi connectivity index (χ4v) is 2.03. The van der Waals surface area contributed by atoms with E-state index in [4.69, 9.17) is 15.7 Å². The molecule has 1 aliphatic heterocycles. The third-order valence-corrected chi connectivity index (χ3v) is 2.99. The van der Waals surface area contributed by atoms with E-state index >= 15 is 0 Å². The first-order valence-corrected chi connectivity index (χ1v) is 6.40. The van der Waals surface area contributed by atoms with E-state index in [9.17, 15) is 0 Å². The van der Waals surface area contributed by atoms with Gasteiger partial charge in [0.1, 0.15) is 0 Å². The largest absolute Gasteiger partial charge is 0.395 e. The Morgan fingerprint density at radius 2 is 2.22 bits per heavy atom. The lowest BCUT2D eigenvalue weighted by atomic mass is 10.4. The molecule has 4 N–H and O–H groups in total. The molecule has 0 aliphatic carbocycles. The molecule has 1 aliphatic rings. The highest BCUT2D eigenvalue weighted by molar-refractivity contribution is 5.79. The summed E-state index contributed by atoms with van der Waals surface area (Å²) in [7, 11) is 1.66. The molecule has 7 nitrogen and oxygen atoms in total. The number of nitrogens with one attached hydrogen (secondary N) is 1. The van der Waals surface area contributed by atoms with Gasteiger partial charge in [-0.2, -0.15) is 0 Å². The first kappa shape index (κ1) is 15.2. The van der Waals surface area contributed by atoms with Crippen LogP contribution in [0.5, 0.6) is 0 Å². The molecular formula is C11H25N5O2. The monoisotopic (exact) mass is 259 g/mol. The van der Waals surface area contributed by atoms with Crippen LogP contribution in [0.3, 0.4) is 0 Å². The Bertz CT molecular complexity index is 250. The van der Waals surface area contributed by atoms with Crippen LogP contribution in [0.1, 0.15) is 6.42 Å². The Labute approximate surface area is 109 Å². The maximum Gasteiger partial charge on any atom is 0.208 e. The van der Waals surface area contributed by atoms with Crippen LogP contribution in [0.2, 0.25) is 0 Å². The van der Waals surface area contributed by atoms with Crippen molar-refractivity contribution >= 4 is 5.96 Å². The Morgan fingerprint density at radius 1 is 1.39 bits per heavy atom. The van der Waals surface area contributed by atoms with Gasteiger partial charge in [0.2, 0.25) is 5.96 Å². The molecule has 0 aromatic rings. The van der Waals surface area contributed by atoms with Gasteiger partial charge in [0.15, 0.2) is 0 Å².